The van der Waals surface area contributed by atoms with Gasteiger partial charge in [-0.1, -0.05) is 12.1 Å². The van der Waals surface area contributed by atoms with Gasteiger partial charge in [0.15, 0.2) is 0 Å². The van der Waals surface area contributed by atoms with Crippen LogP contribution in [0.2, 0.25) is 0 Å². The molecule has 0 unspecified atom stereocenters. The van der Waals surface area contributed by atoms with Gasteiger partial charge in [-0.3, -0.25) is 4.90 Å². The summed E-state index contributed by atoms with van der Waals surface area (Å²) in [4.78, 5) is 23.2. The average molecular weight is 557 g/mol. The van der Waals surface area contributed by atoms with E-state index in [9.17, 15) is 26.3 Å². The van der Waals surface area contributed by atoms with Crippen molar-refractivity contribution in [1.82, 2.24) is 9.80 Å². The first kappa shape index (κ1) is 31.7. The van der Waals surface area contributed by atoms with Crippen LogP contribution in [0.5, 0.6) is 5.75 Å². The highest BCUT2D eigenvalue weighted by Crippen LogP contribution is 2.42. The van der Waals surface area contributed by atoms with E-state index in [1.165, 1.54) is 76.8 Å². The van der Waals surface area contributed by atoms with E-state index in [4.69, 9.17) is 24.5 Å². The summed E-state index contributed by atoms with van der Waals surface area (Å²) in [7, 11) is 1.75. The molecule has 0 bridgehead atoms. The number of aliphatic carboxylic acids is 2. The maximum Gasteiger partial charge on any atom is 0.490 e. The van der Waals surface area contributed by atoms with Crippen molar-refractivity contribution in [1.29, 1.82) is 0 Å². The Morgan fingerprint density at radius 1 is 0.895 bits per heavy atom. The molecule has 0 atom stereocenters. The number of likely N-dealkylation sites (tertiary alicyclic amines) is 2. The van der Waals surface area contributed by atoms with Crippen molar-refractivity contribution < 1.29 is 50.9 Å². The van der Waals surface area contributed by atoms with E-state index < -0.39 is 24.3 Å². The Balaban J connectivity index is 0.000000301. The smallest absolute Gasteiger partial charge is 0.490 e. The lowest BCUT2D eigenvalue weighted by Crippen LogP contribution is -2.46. The van der Waals surface area contributed by atoms with Crippen molar-refractivity contribution in [2.24, 2.45) is 11.3 Å². The van der Waals surface area contributed by atoms with Crippen molar-refractivity contribution in [2.75, 3.05) is 39.8 Å². The molecular formula is C25H34F6N2O5. The third kappa shape index (κ3) is 11.1. The van der Waals surface area contributed by atoms with Crippen LogP contribution in [0.15, 0.2) is 24.3 Å². The molecule has 3 fully saturated rings. The molecule has 0 amide bonds. The summed E-state index contributed by atoms with van der Waals surface area (Å²) in [6.07, 6.45) is -1.52. The minimum absolute atomic E-state index is 0.658. The minimum atomic E-state index is -5.08. The predicted molar refractivity (Wildman–Crippen MR) is 126 cm³/mol. The Bertz CT molecular complexity index is 878. The predicted octanol–water partition coefficient (Wildman–Crippen LogP) is 5.05. The van der Waals surface area contributed by atoms with Crippen molar-refractivity contribution >= 4 is 11.9 Å². The Labute approximate surface area is 217 Å². The third-order valence-corrected chi connectivity index (χ3v) is 7.07. The van der Waals surface area contributed by atoms with Crippen molar-refractivity contribution in [2.45, 2.75) is 57.4 Å². The van der Waals surface area contributed by atoms with Crippen molar-refractivity contribution in [3.05, 3.63) is 29.8 Å². The maximum absolute atomic E-state index is 10.6. The van der Waals surface area contributed by atoms with Gasteiger partial charge in [0.05, 0.1) is 7.11 Å². The number of ether oxygens (including phenoxy) is 1. The first-order chi connectivity index (χ1) is 17.6. The van der Waals surface area contributed by atoms with E-state index in [-0.39, 0.29) is 0 Å². The third-order valence-electron chi connectivity index (χ3n) is 7.07. The number of carboxylic acids is 2. The number of hydrogen-bond donors (Lipinski definition) is 2. The van der Waals surface area contributed by atoms with Crippen LogP contribution in [0.1, 0.15) is 44.1 Å². The summed E-state index contributed by atoms with van der Waals surface area (Å²) in [5.41, 5.74) is 2.04. The molecule has 2 N–H and O–H groups in total. The lowest BCUT2D eigenvalue weighted by molar-refractivity contribution is -0.193. The second-order valence-corrected chi connectivity index (χ2v) is 9.98. The number of benzene rings is 1. The number of nitrogens with zero attached hydrogens (tertiary/aromatic N) is 2. The summed E-state index contributed by atoms with van der Waals surface area (Å²) in [5.74, 6) is -3.49. The van der Waals surface area contributed by atoms with Crippen LogP contribution in [0.25, 0.3) is 0 Å². The van der Waals surface area contributed by atoms with E-state index >= 15 is 0 Å². The molecule has 13 heteroatoms. The summed E-state index contributed by atoms with van der Waals surface area (Å²) in [6, 6.07) is 8.54. The van der Waals surface area contributed by atoms with Gasteiger partial charge < -0.3 is 19.8 Å². The van der Waals surface area contributed by atoms with Crippen LogP contribution in [0.3, 0.4) is 0 Å². The largest absolute Gasteiger partial charge is 0.497 e. The highest BCUT2D eigenvalue weighted by Gasteiger charge is 2.39. The van der Waals surface area contributed by atoms with Gasteiger partial charge in [0.25, 0.3) is 0 Å². The van der Waals surface area contributed by atoms with E-state index in [0.29, 0.717) is 5.41 Å². The van der Waals surface area contributed by atoms with E-state index in [2.05, 4.69) is 28.0 Å². The SMILES string of the molecule is COc1cccc(CN2CCC3(CC2)CCN(CC2CC2)CC3)c1.O=C(O)C(F)(F)F.O=C(O)C(F)(F)F. The Kier molecular flexibility index (Phi) is 11.3. The summed E-state index contributed by atoms with van der Waals surface area (Å²) >= 11 is 0. The molecule has 0 aromatic heterocycles. The molecular weight excluding hydrogens is 522 g/mol. The molecule has 7 nitrogen and oxygen atoms in total. The Hall–Kier alpha value is -2.54. The van der Waals surface area contributed by atoms with Gasteiger partial charge in [-0.05, 0) is 93.7 Å². The van der Waals surface area contributed by atoms with E-state index in [1.807, 2.05) is 6.07 Å². The maximum atomic E-state index is 10.6. The number of hydrogen-bond acceptors (Lipinski definition) is 5. The number of methoxy groups -OCH3 is 1. The molecule has 4 rings (SSSR count). The zero-order chi connectivity index (χ0) is 28.6. The second-order valence-electron chi connectivity index (χ2n) is 9.98. The fourth-order valence-corrected chi connectivity index (χ4v) is 4.59. The number of piperidine rings is 2. The molecule has 1 aromatic rings. The first-order valence-electron chi connectivity index (χ1n) is 12.3. The number of carboxylic acid groups (broad SMARTS) is 2. The van der Waals surface area contributed by atoms with Gasteiger partial charge >= 0.3 is 24.3 Å². The molecule has 38 heavy (non-hydrogen) atoms. The molecule has 2 heterocycles. The molecule has 216 valence electrons. The van der Waals surface area contributed by atoms with Gasteiger partial charge in [0.2, 0.25) is 0 Å². The van der Waals surface area contributed by atoms with Gasteiger partial charge in [-0.25, -0.2) is 9.59 Å². The van der Waals surface area contributed by atoms with Gasteiger partial charge in [0.1, 0.15) is 5.75 Å². The summed E-state index contributed by atoms with van der Waals surface area (Å²) < 4.78 is 68.8. The highest BCUT2D eigenvalue weighted by molar-refractivity contribution is 5.73. The molecule has 2 aliphatic heterocycles. The topological polar surface area (TPSA) is 90.3 Å². The molecule has 1 saturated carbocycles. The molecule has 1 aliphatic carbocycles. The molecule has 3 aliphatic rings. The monoisotopic (exact) mass is 556 g/mol. The van der Waals surface area contributed by atoms with Crippen LogP contribution in [-0.4, -0.2) is 84.1 Å². The van der Waals surface area contributed by atoms with E-state index in [1.54, 1.807) is 7.11 Å². The lowest BCUT2D eigenvalue weighted by Gasteiger charge is -2.47. The Morgan fingerprint density at radius 2 is 1.34 bits per heavy atom. The molecule has 1 spiro atoms. The average Bonchev–Trinajstić information content (AvgIpc) is 3.66. The van der Waals surface area contributed by atoms with Gasteiger partial charge in [-0.2, -0.15) is 26.3 Å². The summed E-state index contributed by atoms with van der Waals surface area (Å²) in [5, 5.41) is 14.2. The summed E-state index contributed by atoms with van der Waals surface area (Å²) in [6.45, 7) is 7.69. The lowest BCUT2D eigenvalue weighted by atomic mass is 9.71. The number of alkyl halides is 6. The normalized spacial score (nSPS) is 20.0. The number of rotatable bonds is 5. The fraction of sp³-hybridized carbons (Fsp3) is 0.680. The quantitative estimate of drug-likeness (QED) is 0.491. The molecule has 0 radical (unpaired) electrons. The zero-order valence-electron chi connectivity index (χ0n) is 21.2. The first-order valence-corrected chi connectivity index (χ1v) is 12.3. The van der Waals surface area contributed by atoms with Crippen LogP contribution >= 0.6 is 0 Å². The van der Waals surface area contributed by atoms with Gasteiger partial charge in [0, 0.05) is 13.1 Å². The van der Waals surface area contributed by atoms with Crippen molar-refractivity contribution in [3.8, 4) is 5.75 Å². The number of carbonyl (C=O) groups is 2. The standard InChI is InChI=1S/C21H32N2O.2C2HF3O2/c1-24-20-4-2-3-19(15-20)17-23-13-9-21(10-14-23)7-11-22(12-8-21)16-18-5-6-18;2*3-2(4,5)1(6)7/h2-4,15,18H,5-14,16-17H2,1H3;2*(H,6,7). The molecule has 2 saturated heterocycles. The minimum Gasteiger partial charge on any atom is -0.497 e. The second kappa shape index (κ2) is 13.5. The van der Waals surface area contributed by atoms with Crippen LogP contribution < -0.4 is 4.74 Å². The van der Waals surface area contributed by atoms with Gasteiger partial charge in [-0.15, -0.1) is 0 Å². The van der Waals surface area contributed by atoms with Crippen LogP contribution in [0, 0.1) is 11.3 Å². The number of halogens is 6. The Morgan fingerprint density at radius 3 is 1.74 bits per heavy atom. The zero-order valence-corrected chi connectivity index (χ0v) is 21.2. The van der Waals surface area contributed by atoms with E-state index in [0.717, 1.165) is 18.2 Å². The molecule has 1 aromatic carbocycles. The van der Waals surface area contributed by atoms with Crippen molar-refractivity contribution in [3.63, 3.8) is 0 Å². The van der Waals surface area contributed by atoms with Crippen LogP contribution in [-0.2, 0) is 16.1 Å². The van der Waals surface area contributed by atoms with Crippen LogP contribution in [0.4, 0.5) is 26.3 Å². The highest BCUT2D eigenvalue weighted by atomic mass is 19.4. The fourth-order valence-electron chi connectivity index (χ4n) is 4.59.